The van der Waals surface area contributed by atoms with Crippen LogP contribution in [-0.2, 0) is 14.8 Å². The first kappa shape index (κ1) is 19.5. The van der Waals surface area contributed by atoms with Gasteiger partial charge in [0.15, 0.2) is 5.11 Å². The summed E-state index contributed by atoms with van der Waals surface area (Å²) < 4.78 is 32.0. The van der Waals surface area contributed by atoms with Gasteiger partial charge in [-0.25, -0.2) is 8.42 Å². The summed E-state index contributed by atoms with van der Waals surface area (Å²) in [7, 11) is -3.46. The lowest BCUT2D eigenvalue weighted by Gasteiger charge is -2.40. The molecule has 0 aliphatic carbocycles. The van der Waals surface area contributed by atoms with E-state index in [0.29, 0.717) is 48.4 Å². The van der Waals surface area contributed by atoms with E-state index in [0.717, 1.165) is 18.5 Å². The van der Waals surface area contributed by atoms with Gasteiger partial charge in [0, 0.05) is 30.9 Å². The van der Waals surface area contributed by atoms with E-state index in [-0.39, 0.29) is 0 Å². The highest BCUT2D eigenvalue weighted by atomic mass is 32.2. The first-order valence-electron chi connectivity index (χ1n) is 9.17. The number of anilines is 1. The van der Waals surface area contributed by atoms with Gasteiger partial charge in [-0.1, -0.05) is 0 Å². The topological polar surface area (TPSA) is 61.9 Å². The van der Waals surface area contributed by atoms with Crippen molar-refractivity contribution in [2.24, 2.45) is 0 Å². The van der Waals surface area contributed by atoms with Gasteiger partial charge in [0.05, 0.1) is 18.1 Å². The highest BCUT2D eigenvalue weighted by Crippen LogP contribution is 2.24. The molecule has 0 bridgehead atoms. The molecule has 2 fully saturated rings. The molecule has 8 heteroatoms. The van der Waals surface area contributed by atoms with Gasteiger partial charge in [0.2, 0.25) is 10.0 Å². The molecule has 2 atom stereocenters. The Bertz CT molecular complexity index is 721. The summed E-state index contributed by atoms with van der Waals surface area (Å²) in [5.74, 6) is 0. The van der Waals surface area contributed by atoms with Crippen LogP contribution in [0.25, 0.3) is 0 Å². The Balaban J connectivity index is 1.68. The van der Waals surface area contributed by atoms with E-state index in [1.54, 1.807) is 24.3 Å². The molecule has 2 aliphatic heterocycles. The first-order chi connectivity index (χ1) is 12.4. The lowest BCUT2D eigenvalue weighted by Crippen LogP contribution is -2.49. The molecule has 144 valence electrons. The van der Waals surface area contributed by atoms with Crippen molar-refractivity contribution >= 4 is 33.0 Å². The van der Waals surface area contributed by atoms with Crippen molar-refractivity contribution in [3.05, 3.63) is 24.3 Å². The standard InChI is InChI=1S/C18H27N3O3S2/c1-14-4-3-5-15(2)21(14)18(25)19-16-6-8-17(9-7-16)26(22,23)20-10-12-24-13-11-20/h6-9,14-15H,3-5,10-13H2,1-2H3,(H,19,25)/t14-,15+. The van der Waals surface area contributed by atoms with Crippen molar-refractivity contribution in [1.29, 1.82) is 0 Å². The Kier molecular flexibility index (Phi) is 6.17. The summed E-state index contributed by atoms with van der Waals surface area (Å²) >= 11 is 5.59. The van der Waals surface area contributed by atoms with Crippen LogP contribution in [0.1, 0.15) is 33.1 Å². The van der Waals surface area contributed by atoms with E-state index >= 15 is 0 Å². The molecule has 0 spiro atoms. The van der Waals surface area contributed by atoms with Gasteiger partial charge in [-0.15, -0.1) is 0 Å². The number of nitrogens with zero attached hydrogens (tertiary/aromatic N) is 2. The number of hydrogen-bond acceptors (Lipinski definition) is 4. The minimum Gasteiger partial charge on any atom is -0.379 e. The molecule has 2 aliphatic rings. The van der Waals surface area contributed by atoms with E-state index in [2.05, 4.69) is 24.1 Å². The molecule has 1 N–H and O–H groups in total. The number of likely N-dealkylation sites (tertiary alicyclic amines) is 1. The zero-order valence-corrected chi connectivity index (χ0v) is 17.0. The number of nitrogens with one attached hydrogen (secondary N) is 1. The van der Waals surface area contributed by atoms with E-state index in [1.165, 1.54) is 10.7 Å². The van der Waals surface area contributed by atoms with Gasteiger partial charge in [-0.3, -0.25) is 0 Å². The summed E-state index contributed by atoms with van der Waals surface area (Å²) in [5.41, 5.74) is 0.806. The molecule has 0 saturated carbocycles. The Labute approximate surface area is 161 Å². The van der Waals surface area contributed by atoms with Crippen LogP contribution in [0.2, 0.25) is 0 Å². The Morgan fingerprint density at radius 3 is 2.27 bits per heavy atom. The number of rotatable bonds is 3. The number of ether oxygens (including phenoxy) is 1. The molecule has 0 aromatic heterocycles. The molecule has 2 saturated heterocycles. The van der Waals surface area contributed by atoms with Gasteiger partial charge in [0.1, 0.15) is 0 Å². The predicted octanol–water partition coefficient (Wildman–Crippen LogP) is 2.67. The fraction of sp³-hybridized carbons (Fsp3) is 0.611. The number of morpholine rings is 1. The van der Waals surface area contributed by atoms with Gasteiger partial charge < -0.3 is 15.0 Å². The monoisotopic (exact) mass is 397 g/mol. The number of piperidine rings is 1. The molecule has 6 nitrogen and oxygen atoms in total. The van der Waals surface area contributed by atoms with E-state index in [1.807, 2.05) is 0 Å². The van der Waals surface area contributed by atoms with E-state index in [9.17, 15) is 8.42 Å². The number of hydrogen-bond donors (Lipinski definition) is 1. The molecule has 0 amide bonds. The second-order valence-corrected chi connectivity index (χ2v) is 9.33. The van der Waals surface area contributed by atoms with Crippen molar-refractivity contribution in [2.45, 2.75) is 50.1 Å². The van der Waals surface area contributed by atoms with E-state index in [4.69, 9.17) is 17.0 Å². The average Bonchev–Trinajstić information content (AvgIpc) is 2.63. The summed E-state index contributed by atoms with van der Waals surface area (Å²) in [6, 6.07) is 7.66. The van der Waals surface area contributed by atoms with Gasteiger partial charge >= 0.3 is 0 Å². The number of sulfonamides is 1. The average molecular weight is 398 g/mol. The van der Waals surface area contributed by atoms with Crippen LogP contribution in [0.3, 0.4) is 0 Å². The third-order valence-electron chi connectivity index (χ3n) is 5.14. The fourth-order valence-corrected chi connectivity index (χ4v) is 5.54. The van der Waals surface area contributed by atoms with Gasteiger partial charge in [0.25, 0.3) is 0 Å². The summed E-state index contributed by atoms with van der Waals surface area (Å²) in [4.78, 5) is 2.55. The molecular weight excluding hydrogens is 370 g/mol. The molecule has 3 rings (SSSR count). The summed E-state index contributed by atoms with van der Waals surface area (Å²) in [6.07, 6.45) is 3.52. The Morgan fingerprint density at radius 1 is 1.12 bits per heavy atom. The molecule has 1 aromatic rings. The van der Waals surface area contributed by atoms with Crippen LogP contribution in [0.4, 0.5) is 5.69 Å². The van der Waals surface area contributed by atoms with Gasteiger partial charge in [-0.05, 0) is 69.6 Å². The normalized spacial score (nSPS) is 25.1. The number of benzene rings is 1. The highest BCUT2D eigenvalue weighted by molar-refractivity contribution is 7.89. The number of thiocarbonyl (C=S) groups is 1. The maximum absolute atomic E-state index is 12.7. The zero-order valence-electron chi connectivity index (χ0n) is 15.3. The fourth-order valence-electron chi connectivity index (χ4n) is 3.66. The third kappa shape index (κ3) is 4.19. The minimum atomic E-state index is -3.46. The van der Waals surface area contributed by atoms with Crippen molar-refractivity contribution in [3.63, 3.8) is 0 Å². The van der Waals surface area contributed by atoms with Crippen LogP contribution >= 0.6 is 12.2 Å². The molecular formula is C18H27N3O3S2. The van der Waals surface area contributed by atoms with Crippen molar-refractivity contribution in [3.8, 4) is 0 Å². The summed E-state index contributed by atoms with van der Waals surface area (Å²) in [5, 5.41) is 3.96. The Hall–Kier alpha value is -1.22. The largest absolute Gasteiger partial charge is 0.379 e. The van der Waals surface area contributed by atoms with Crippen LogP contribution in [0.5, 0.6) is 0 Å². The SMILES string of the molecule is C[C@@H]1CCC[C@H](C)N1C(=S)Nc1ccc(S(=O)(=O)N2CCOCC2)cc1. The smallest absolute Gasteiger partial charge is 0.243 e. The van der Waals surface area contributed by atoms with Crippen LogP contribution in [0, 0.1) is 0 Å². The Morgan fingerprint density at radius 2 is 1.69 bits per heavy atom. The lowest BCUT2D eigenvalue weighted by molar-refractivity contribution is 0.0730. The highest BCUT2D eigenvalue weighted by Gasteiger charge is 2.28. The molecule has 0 radical (unpaired) electrons. The maximum atomic E-state index is 12.7. The van der Waals surface area contributed by atoms with Crippen LogP contribution in [-0.4, -0.2) is 61.1 Å². The zero-order chi connectivity index (χ0) is 18.7. The molecule has 0 unspecified atom stereocenters. The van der Waals surface area contributed by atoms with Gasteiger partial charge in [-0.2, -0.15) is 4.31 Å². The molecule has 1 aromatic carbocycles. The molecule has 26 heavy (non-hydrogen) atoms. The first-order valence-corrected chi connectivity index (χ1v) is 11.0. The van der Waals surface area contributed by atoms with Crippen molar-refractivity contribution in [2.75, 3.05) is 31.6 Å². The molecule has 2 heterocycles. The minimum absolute atomic E-state index is 0.301. The maximum Gasteiger partial charge on any atom is 0.243 e. The van der Waals surface area contributed by atoms with Crippen molar-refractivity contribution in [1.82, 2.24) is 9.21 Å². The second kappa shape index (κ2) is 8.21. The lowest BCUT2D eigenvalue weighted by atomic mass is 9.98. The second-order valence-electron chi connectivity index (χ2n) is 7.01. The van der Waals surface area contributed by atoms with Crippen LogP contribution < -0.4 is 5.32 Å². The third-order valence-corrected chi connectivity index (χ3v) is 7.37. The quantitative estimate of drug-likeness (QED) is 0.792. The van der Waals surface area contributed by atoms with Crippen molar-refractivity contribution < 1.29 is 13.2 Å². The van der Waals surface area contributed by atoms with E-state index < -0.39 is 10.0 Å². The van der Waals surface area contributed by atoms with Crippen LogP contribution in [0.15, 0.2) is 29.2 Å². The predicted molar refractivity (Wildman–Crippen MR) is 107 cm³/mol. The summed E-state index contributed by atoms with van der Waals surface area (Å²) in [6.45, 7) is 6.08.